The van der Waals surface area contributed by atoms with Crippen molar-refractivity contribution in [2.45, 2.75) is 98.3 Å². The van der Waals surface area contributed by atoms with Gasteiger partial charge in [-0.1, -0.05) is 101 Å². The maximum atomic E-state index is 9.26. The highest BCUT2D eigenvalue weighted by molar-refractivity contribution is 5.87. The summed E-state index contributed by atoms with van der Waals surface area (Å²) in [7, 11) is 0. The number of hydrogen-bond donors (Lipinski definition) is 0. The molecule has 2 rings (SSSR count). The van der Waals surface area contributed by atoms with Crippen LogP contribution in [0.1, 0.15) is 108 Å². The molecule has 0 radical (unpaired) electrons. The second-order valence-electron chi connectivity index (χ2n) is 9.11. The fourth-order valence-corrected chi connectivity index (χ4v) is 4.43. The van der Waals surface area contributed by atoms with Crippen molar-refractivity contribution in [1.82, 2.24) is 0 Å². The smallest absolute Gasteiger partial charge is 0.303 e. The number of aryl methyl sites for hydroxylation is 2. The molecule has 2 aromatic carbocycles. The van der Waals surface area contributed by atoms with Crippen molar-refractivity contribution in [2.24, 2.45) is 0 Å². The van der Waals surface area contributed by atoms with Gasteiger partial charge in [0, 0.05) is 0 Å². The minimum absolute atomic E-state index is 0.916. The molecule has 0 bridgehead atoms. The van der Waals surface area contributed by atoms with Crippen LogP contribution in [0.5, 0.6) is 0 Å². The Bertz CT molecular complexity index is 985. The van der Waals surface area contributed by atoms with E-state index in [1.54, 1.807) is 0 Å². The fraction of sp³-hybridized carbons (Fsp3) is 0.484. The molecule has 0 aromatic heterocycles. The van der Waals surface area contributed by atoms with E-state index in [1.165, 1.54) is 78.3 Å². The van der Waals surface area contributed by atoms with Crippen molar-refractivity contribution in [2.75, 3.05) is 0 Å². The highest BCUT2D eigenvalue weighted by Gasteiger charge is 2.16. The van der Waals surface area contributed by atoms with Crippen molar-refractivity contribution in [3.05, 3.63) is 87.5 Å². The molecule has 33 heavy (non-hydrogen) atoms. The molecule has 0 saturated carbocycles. The van der Waals surface area contributed by atoms with Gasteiger partial charge in [0.15, 0.2) is 0 Å². The summed E-state index contributed by atoms with van der Waals surface area (Å²) < 4.78 is 0. The van der Waals surface area contributed by atoms with Crippen molar-refractivity contribution in [3.8, 4) is 0 Å². The van der Waals surface area contributed by atoms with Gasteiger partial charge in [0.25, 0.3) is 0 Å². The lowest BCUT2D eigenvalue weighted by Crippen LogP contribution is -2.00. The summed E-state index contributed by atoms with van der Waals surface area (Å²) in [6, 6.07) is 18.1. The molecule has 0 aliphatic rings. The van der Waals surface area contributed by atoms with E-state index >= 15 is 0 Å². The molecule has 0 unspecified atom stereocenters. The second-order valence-corrected chi connectivity index (χ2v) is 9.11. The molecule has 2 aromatic rings. The first-order valence-electron chi connectivity index (χ1n) is 13.0. The maximum absolute atomic E-state index is 9.26. The van der Waals surface area contributed by atoms with E-state index in [0.29, 0.717) is 0 Å². The zero-order chi connectivity index (χ0) is 23.9. The summed E-state index contributed by atoms with van der Waals surface area (Å²) >= 11 is 0. The van der Waals surface area contributed by atoms with E-state index < -0.39 is 0 Å². The third-order valence-corrected chi connectivity index (χ3v) is 6.32. The van der Waals surface area contributed by atoms with Gasteiger partial charge >= 0.3 is 5.87 Å². The van der Waals surface area contributed by atoms with E-state index in [4.69, 9.17) is 0 Å². The molecule has 176 valence electrons. The molecule has 0 spiro atoms. The van der Waals surface area contributed by atoms with Crippen molar-refractivity contribution < 1.29 is 4.79 Å². The van der Waals surface area contributed by atoms with E-state index in [-0.39, 0.29) is 0 Å². The maximum Gasteiger partial charge on any atom is 0.303 e. The highest BCUT2D eigenvalue weighted by atomic mass is 14.8. The van der Waals surface area contributed by atoms with E-state index in [2.05, 4.69) is 80.0 Å². The summed E-state index contributed by atoms with van der Waals surface area (Å²) in [4.78, 5) is 3.26. The number of unbranched alkanes of at least 4 members (excludes halogenated alkanes) is 5. The Morgan fingerprint density at radius 1 is 0.758 bits per heavy atom. The molecule has 0 atom stereocenters. The molecule has 0 amide bonds. The third kappa shape index (κ3) is 8.65. The molecule has 2 nitrogen and oxygen atoms in total. The van der Waals surface area contributed by atoms with Gasteiger partial charge in [-0.25, -0.2) is 0 Å². The Labute approximate surface area is 202 Å². The van der Waals surface area contributed by atoms with Crippen molar-refractivity contribution >= 4 is 11.4 Å². The largest absolute Gasteiger partial charge is 0.348 e. The molecule has 0 heterocycles. The van der Waals surface area contributed by atoms with Crippen LogP contribution < -0.4 is 0 Å². The molecule has 0 aliphatic heterocycles. The molecular formula is C31H42N2. The van der Waals surface area contributed by atoms with E-state index in [0.717, 1.165) is 31.3 Å². The predicted octanol–water partition coefficient (Wildman–Crippen LogP) is 8.99. The standard InChI is InChI=1S/C31H42N2/c1-5-8-11-16-27-18-14-20-29(23-27)31(28-19-13-17-26(22-28)15-10-7-3)30(21-12-9-6-2)25(4)24-33-32/h13-14,17-20,22-23H,5-12,15-16,21H2,1-4H3. The lowest BCUT2D eigenvalue weighted by Gasteiger charge is -2.17. The zero-order valence-electron chi connectivity index (χ0n) is 21.3. The molecule has 0 N–H and O–H groups in total. The third-order valence-electron chi connectivity index (χ3n) is 6.32. The normalized spacial score (nSPS) is 11.5. The first-order chi connectivity index (χ1) is 16.1. The summed E-state index contributed by atoms with van der Waals surface area (Å²) in [5, 5.41) is 0. The average Bonchev–Trinajstić information content (AvgIpc) is 2.83. The minimum Gasteiger partial charge on any atom is -0.348 e. The predicted molar refractivity (Wildman–Crippen MR) is 143 cm³/mol. The topological polar surface area (TPSA) is 36.4 Å². The Balaban J connectivity index is 2.67. The van der Waals surface area contributed by atoms with Crippen LogP contribution in [0, 0.1) is 0 Å². The highest BCUT2D eigenvalue weighted by Crippen LogP contribution is 2.34. The minimum atomic E-state index is 0.916. The Morgan fingerprint density at radius 2 is 1.30 bits per heavy atom. The molecular weight excluding hydrogens is 400 g/mol. The van der Waals surface area contributed by atoms with E-state index in [1.807, 2.05) is 6.92 Å². The average molecular weight is 443 g/mol. The zero-order valence-corrected chi connectivity index (χ0v) is 21.3. The first kappa shape index (κ1) is 26.6. The van der Waals surface area contributed by atoms with Gasteiger partial charge in [0.05, 0.1) is 5.57 Å². The fourth-order valence-electron chi connectivity index (χ4n) is 4.43. The van der Waals surface area contributed by atoms with Crippen molar-refractivity contribution in [1.29, 1.82) is 0 Å². The molecule has 2 heteroatoms. The van der Waals surface area contributed by atoms with Gasteiger partial charge in [-0.05, 0) is 78.8 Å². The number of rotatable bonds is 14. The van der Waals surface area contributed by atoms with Gasteiger partial charge < -0.3 is 5.53 Å². The van der Waals surface area contributed by atoms with Gasteiger partial charge in [-0.2, -0.15) is 0 Å². The van der Waals surface area contributed by atoms with Gasteiger partial charge in [0.2, 0.25) is 0 Å². The van der Waals surface area contributed by atoms with Crippen LogP contribution in [0.25, 0.3) is 11.1 Å². The van der Waals surface area contributed by atoms with Gasteiger partial charge in [-0.15, -0.1) is 4.79 Å². The lowest BCUT2D eigenvalue weighted by molar-refractivity contribution is 0.00753. The number of nitrogens with zero attached hydrogens (tertiary/aromatic N) is 2. The van der Waals surface area contributed by atoms with Crippen LogP contribution in [0.3, 0.4) is 0 Å². The van der Waals surface area contributed by atoms with Crippen LogP contribution >= 0.6 is 0 Å². The lowest BCUT2D eigenvalue weighted by atomic mass is 9.86. The number of benzene rings is 2. The second kappa shape index (κ2) is 15.2. The SMILES string of the molecule is CCCCCC(C(C)=C=[N+]=[N-])=C(c1cccc(CCCC)c1)c1cccc(CCCCC)c1. The Hall–Kier alpha value is -2.66. The van der Waals surface area contributed by atoms with Crippen LogP contribution in [0.15, 0.2) is 59.7 Å². The number of allylic oxidation sites excluding steroid dienone is 2. The Morgan fingerprint density at radius 3 is 1.85 bits per heavy atom. The van der Waals surface area contributed by atoms with E-state index in [9.17, 15) is 5.53 Å². The summed E-state index contributed by atoms with van der Waals surface area (Å²) in [6.07, 6.45) is 12.8. The number of hydrogen-bond acceptors (Lipinski definition) is 0. The van der Waals surface area contributed by atoms with Gasteiger partial charge in [-0.3, -0.25) is 0 Å². The monoisotopic (exact) mass is 442 g/mol. The molecule has 0 aliphatic carbocycles. The summed E-state index contributed by atoms with van der Waals surface area (Å²) in [5.74, 6) is 2.84. The quantitative estimate of drug-likeness (QED) is 0.0920. The summed E-state index contributed by atoms with van der Waals surface area (Å²) in [5.41, 5.74) is 17.9. The first-order valence-corrected chi connectivity index (χ1v) is 13.0. The van der Waals surface area contributed by atoms with Crippen LogP contribution in [0.4, 0.5) is 0 Å². The van der Waals surface area contributed by atoms with Crippen LogP contribution in [-0.4, -0.2) is 10.7 Å². The molecule has 0 fully saturated rings. The van der Waals surface area contributed by atoms with Gasteiger partial charge in [0.1, 0.15) is 0 Å². The van der Waals surface area contributed by atoms with Crippen LogP contribution in [-0.2, 0) is 12.8 Å². The van der Waals surface area contributed by atoms with Crippen LogP contribution in [0.2, 0.25) is 0 Å². The summed E-state index contributed by atoms with van der Waals surface area (Å²) in [6.45, 7) is 8.75. The molecule has 0 saturated heterocycles. The van der Waals surface area contributed by atoms with Crippen molar-refractivity contribution in [3.63, 3.8) is 0 Å². The Kier molecular flexibility index (Phi) is 12.3.